The van der Waals surface area contributed by atoms with Gasteiger partial charge in [-0.2, -0.15) is 31.1 Å². The first-order valence-corrected chi connectivity index (χ1v) is 7.10. The van der Waals surface area contributed by atoms with E-state index in [0.29, 0.717) is 0 Å². The number of hydrogen-bond donors (Lipinski definition) is 1. The number of para-hydroxylation sites is 2. The van der Waals surface area contributed by atoms with Gasteiger partial charge in [0.15, 0.2) is 0 Å². The van der Waals surface area contributed by atoms with Crippen molar-refractivity contribution >= 4 is 26.7 Å². The predicted octanol–water partition coefficient (Wildman–Crippen LogP) is -4.70. The molecule has 0 radical (unpaired) electrons. The molecule has 0 amide bonds. The molecule has 1 heterocycles. The quantitative estimate of drug-likeness (QED) is 0.267. The van der Waals surface area contributed by atoms with Crippen LogP contribution in [-0.2, 0) is 67.6 Å². The molecule has 2 aromatic rings. The van der Waals surface area contributed by atoms with Crippen molar-refractivity contribution in [3.05, 3.63) is 24.3 Å². The van der Waals surface area contributed by atoms with E-state index in [4.69, 9.17) is 38.5 Å². The van der Waals surface area contributed by atoms with Crippen molar-refractivity contribution in [1.82, 2.24) is 15.4 Å². The molecule has 1 N–H and O–H groups in total. The van der Waals surface area contributed by atoms with E-state index < -0.39 is 15.6 Å². The van der Waals surface area contributed by atoms with Gasteiger partial charge < -0.3 is 38.5 Å². The Hall–Kier alpha value is 0.710. The molecule has 0 atom stereocenters. The van der Waals surface area contributed by atoms with E-state index in [1.54, 1.807) is 0 Å². The minimum atomic E-state index is -5.39. The van der Waals surface area contributed by atoms with Crippen LogP contribution >= 0.6 is 15.6 Å². The maximum Gasteiger partial charge on any atom is 2.00 e. The van der Waals surface area contributed by atoms with Crippen LogP contribution in [0.2, 0.25) is 0 Å². The van der Waals surface area contributed by atoms with Gasteiger partial charge in [0.1, 0.15) is 11.0 Å². The molecule has 0 bridgehead atoms. The zero-order valence-corrected chi connectivity index (χ0v) is 21.7. The van der Waals surface area contributed by atoms with Crippen molar-refractivity contribution in [3.63, 3.8) is 0 Å². The topological polar surface area (TPSA) is 214 Å². The first-order valence-electron chi connectivity index (χ1n) is 4.18. The van der Waals surface area contributed by atoms with Gasteiger partial charge in [-0.15, -0.1) is 0 Å². The molecule has 108 valence electrons. The summed E-state index contributed by atoms with van der Waals surface area (Å²) in [6, 6.07) is 7.70. The number of aromatic amines is 1. The number of aromatic nitrogens is 3. The standard InChI is InChI=1S/C6H5N3.2H3O4P.3Zn/c1-2-4-6-5(3-1)7-9-8-6;2*1-5(2,3)4;;;/h1-4H,(H,7,8,9);2*(H3,1,2,3,4);;;/q;;;3*+2/p-6. The van der Waals surface area contributed by atoms with Crippen molar-refractivity contribution in [2.45, 2.75) is 0 Å². The van der Waals surface area contributed by atoms with Gasteiger partial charge in [-0.05, 0) is 12.1 Å². The minimum absolute atomic E-state index is 0. The van der Waals surface area contributed by atoms with Crippen LogP contribution in [0.3, 0.4) is 0 Å². The Bertz CT molecular complexity index is 535. The predicted molar refractivity (Wildman–Crippen MR) is 49.1 cm³/mol. The van der Waals surface area contributed by atoms with Crippen molar-refractivity contribution in [2.24, 2.45) is 0 Å². The normalized spacial score (nSPS) is 9.55. The van der Waals surface area contributed by atoms with Crippen LogP contribution in [0.5, 0.6) is 0 Å². The van der Waals surface area contributed by atoms with Crippen LogP contribution in [0.25, 0.3) is 11.0 Å². The monoisotopic (exact) mass is 501 g/mol. The van der Waals surface area contributed by atoms with Crippen LogP contribution in [0, 0.1) is 0 Å². The average Bonchev–Trinajstić information content (AvgIpc) is 2.59. The van der Waals surface area contributed by atoms with Crippen molar-refractivity contribution in [1.29, 1.82) is 0 Å². The van der Waals surface area contributed by atoms with Crippen LogP contribution in [0.4, 0.5) is 0 Å². The Morgan fingerprint density at radius 1 is 0.727 bits per heavy atom. The summed E-state index contributed by atoms with van der Waals surface area (Å²) in [5, 5.41) is 10.3. The second kappa shape index (κ2) is 14.1. The third-order valence-corrected chi connectivity index (χ3v) is 1.22. The fraction of sp³-hybridized carbons (Fsp3) is 0. The van der Waals surface area contributed by atoms with Gasteiger partial charge in [0, 0.05) is 0 Å². The molecular formula is C6H5N3O8P2Zn3. The number of benzene rings is 1. The van der Waals surface area contributed by atoms with E-state index in [1.807, 2.05) is 24.3 Å². The molecule has 0 aliphatic heterocycles. The molecule has 0 saturated heterocycles. The van der Waals surface area contributed by atoms with Crippen LogP contribution < -0.4 is 29.4 Å². The first-order chi connectivity index (χ1) is 8.47. The van der Waals surface area contributed by atoms with E-state index in [-0.39, 0.29) is 58.4 Å². The molecule has 22 heavy (non-hydrogen) atoms. The molecule has 2 rings (SSSR count). The average molecular weight is 505 g/mol. The maximum absolute atomic E-state index is 8.55. The number of rotatable bonds is 0. The number of nitrogens with zero attached hydrogens (tertiary/aromatic N) is 2. The van der Waals surface area contributed by atoms with Gasteiger partial charge in [-0.3, -0.25) is 0 Å². The summed E-state index contributed by atoms with van der Waals surface area (Å²) in [6.07, 6.45) is 0. The fourth-order valence-electron chi connectivity index (χ4n) is 0.786. The Morgan fingerprint density at radius 3 is 1.18 bits per heavy atom. The zero-order chi connectivity index (χ0) is 15.1. The van der Waals surface area contributed by atoms with E-state index >= 15 is 0 Å². The molecule has 1 aromatic carbocycles. The van der Waals surface area contributed by atoms with Crippen molar-refractivity contribution in [3.8, 4) is 0 Å². The summed E-state index contributed by atoms with van der Waals surface area (Å²) in [4.78, 5) is 51.3. The number of H-pyrrole nitrogens is 1. The van der Waals surface area contributed by atoms with Gasteiger partial charge in [-0.1, -0.05) is 12.1 Å². The second-order valence-electron chi connectivity index (χ2n) is 2.71. The van der Waals surface area contributed by atoms with Crippen molar-refractivity contribution in [2.75, 3.05) is 0 Å². The SMILES string of the molecule is O=P([O-])([O-])[O-].O=P([O-])([O-])[O-].[Zn+2].[Zn+2].[Zn+2].c1ccc2n[nH]nc2c1. The summed E-state index contributed by atoms with van der Waals surface area (Å²) in [7, 11) is -10.8. The summed E-state index contributed by atoms with van der Waals surface area (Å²) in [6.45, 7) is 0. The maximum atomic E-state index is 8.55. The molecule has 0 spiro atoms. The van der Waals surface area contributed by atoms with Crippen LogP contribution in [-0.4, -0.2) is 15.4 Å². The van der Waals surface area contributed by atoms with E-state index in [0.717, 1.165) is 11.0 Å². The van der Waals surface area contributed by atoms with E-state index in [1.165, 1.54) is 0 Å². The first kappa shape index (κ1) is 30.6. The van der Waals surface area contributed by atoms with Crippen LogP contribution in [0.15, 0.2) is 24.3 Å². The largest absolute Gasteiger partial charge is 2.00 e. The smallest absolute Gasteiger partial charge is 0.822 e. The van der Waals surface area contributed by atoms with Crippen LogP contribution in [0.1, 0.15) is 0 Å². The molecule has 0 unspecified atom stereocenters. The van der Waals surface area contributed by atoms with Crippen molar-refractivity contribution < 1.29 is 96.9 Å². The molecule has 0 aliphatic rings. The van der Waals surface area contributed by atoms with Gasteiger partial charge in [0.05, 0.1) is 0 Å². The Morgan fingerprint density at radius 2 is 0.955 bits per heavy atom. The molecule has 0 aliphatic carbocycles. The summed E-state index contributed by atoms with van der Waals surface area (Å²) in [5.41, 5.74) is 1.83. The second-order valence-corrected chi connectivity index (χ2v) is 4.50. The number of phosphoric acid groups is 2. The molecular weight excluding hydrogens is 500 g/mol. The number of fused-ring (bicyclic) bond motifs is 1. The van der Waals surface area contributed by atoms with Gasteiger partial charge >= 0.3 is 58.4 Å². The van der Waals surface area contributed by atoms with E-state index in [2.05, 4.69) is 15.4 Å². The summed E-state index contributed by atoms with van der Waals surface area (Å²) >= 11 is 0. The minimum Gasteiger partial charge on any atom is -0.822 e. The number of nitrogens with one attached hydrogen (secondary N) is 1. The van der Waals surface area contributed by atoms with E-state index in [9.17, 15) is 0 Å². The molecule has 0 fully saturated rings. The molecule has 16 heteroatoms. The fourth-order valence-corrected chi connectivity index (χ4v) is 0.786. The molecule has 11 nitrogen and oxygen atoms in total. The Kier molecular flexibility index (Phi) is 19.6. The number of hydrogen-bond acceptors (Lipinski definition) is 10. The Labute approximate surface area is 162 Å². The third kappa shape index (κ3) is 25.7. The summed E-state index contributed by atoms with van der Waals surface area (Å²) in [5.74, 6) is 0. The van der Waals surface area contributed by atoms with Gasteiger partial charge in [-0.25, -0.2) is 0 Å². The summed E-state index contributed by atoms with van der Waals surface area (Å²) < 4.78 is 17.1. The molecule has 0 saturated carbocycles. The third-order valence-electron chi connectivity index (χ3n) is 1.22. The Balaban J connectivity index is -0.000000112. The zero-order valence-electron chi connectivity index (χ0n) is 11.0. The molecule has 1 aromatic heterocycles. The van der Waals surface area contributed by atoms with Gasteiger partial charge in [0.2, 0.25) is 0 Å². The van der Waals surface area contributed by atoms with Gasteiger partial charge in [0.25, 0.3) is 0 Å².